The van der Waals surface area contributed by atoms with Crippen molar-refractivity contribution in [3.8, 4) is 6.07 Å². The number of rotatable bonds is 5. The molecule has 0 spiro atoms. The van der Waals surface area contributed by atoms with Crippen LogP contribution in [0.15, 0.2) is 24.3 Å². The maximum atomic E-state index is 11.6. The molecule has 0 fully saturated rings. The van der Waals surface area contributed by atoms with Crippen molar-refractivity contribution in [1.29, 1.82) is 5.26 Å². The van der Waals surface area contributed by atoms with Crippen LogP contribution in [0.3, 0.4) is 0 Å². The molecule has 90 valence electrons. The highest BCUT2D eigenvalue weighted by molar-refractivity contribution is 5.83. The van der Waals surface area contributed by atoms with Crippen LogP contribution >= 0.6 is 0 Å². The van der Waals surface area contributed by atoms with Crippen LogP contribution in [-0.2, 0) is 11.3 Å². The molecule has 0 saturated heterocycles. The van der Waals surface area contributed by atoms with Gasteiger partial charge in [-0.1, -0.05) is 19.1 Å². The van der Waals surface area contributed by atoms with Crippen LogP contribution < -0.4 is 0 Å². The molecule has 1 atom stereocenters. The van der Waals surface area contributed by atoms with Crippen LogP contribution in [0.5, 0.6) is 0 Å². The first-order valence-corrected chi connectivity index (χ1v) is 5.80. The molecule has 0 heterocycles. The lowest BCUT2D eigenvalue weighted by Crippen LogP contribution is -2.35. The number of likely N-dealkylation sites (N-methyl/N-ethyl adjacent to an activating group) is 1. The first-order chi connectivity index (χ1) is 8.08. The van der Waals surface area contributed by atoms with Gasteiger partial charge in [0.25, 0.3) is 0 Å². The van der Waals surface area contributed by atoms with E-state index < -0.39 is 0 Å². The molecule has 3 nitrogen and oxygen atoms in total. The Morgan fingerprint density at radius 2 is 2.24 bits per heavy atom. The molecule has 0 aromatic heterocycles. The number of carbonyl (C=O) groups excluding carboxylic acids is 1. The monoisotopic (exact) mass is 230 g/mol. The summed E-state index contributed by atoms with van der Waals surface area (Å²) in [4.78, 5) is 13.6. The minimum Gasteiger partial charge on any atom is -0.298 e. The third-order valence-corrected chi connectivity index (χ3v) is 2.96. The predicted molar refractivity (Wildman–Crippen MR) is 67.4 cm³/mol. The Labute approximate surface area is 103 Å². The summed E-state index contributed by atoms with van der Waals surface area (Å²) < 4.78 is 0. The van der Waals surface area contributed by atoms with Gasteiger partial charge in [-0.2, -0.15) is 5.26 Å². The Balaban J connectivity index is 2.71. The van der Waals surface area contributed by atoms with Crippen LogP contribution in [0.25, 0.3) is 0 Å². The van der Waals surface area contributed by atoms with Gasteiger partial charge in [0.2, 0.25) is 0 Å². The second kappa shape index (κ2) is 6.17. The van der Waals surface area contributed by atoms with Crippen molar-refractivity contribution in [2.45, 2.75) is 32.9 Å². The van der Waals surface area contributed by atoms with E-state index in [2.05, 4.69) is 6.07 Å². The van der Waals surface area contributed by atoms with Gasteiger partial charge >= 0.3 is 0 Å². The summed E-state index contributed by atoms with van der Waals surface area (Å²) in [6, 6.07) is 9.52. The van der Waals surface area contributed by atoms with Gasteiger partial charge in [-0.05, 0) is 31.7 Å². The van der Waals surface area contributed by atoms with Crippen molar-refractivity contribution in [3.05, 3.63) is 35.4 Å². The van der Waals surface area contributed by atoms with E-state index >= 15 is 0 Å². The van der Waals surface area contributed by atoms with Crippen molar-refractivity contribution in [2.75, 3.05) is 7.05 Å². The minimum atomic E-state index is -0.0780. The molecule has 1 rings (SSSR count). The second-order valence-corrected chi connectivity index (χ2v) is 4.22. The molecule has 1 aromatic rings. The molecule has 0 aliphatic carbocycles. The summed E-state index contributed by atoms with van der Waals surface area (Å²) >= 11 is 0. The lowest BCUT2D eigenvalue weighted by Gasteiger charge is -2.23. The highest BCUT2D eigenvalue weighted by atomic mass is 16.1. The Hall–Kier alpha value is -1.66. The van der Waals surface area contributed by atoms with E-state index in [4.69, 9.17) is 5.26 Å². The molecule has 0 bridgehead atoms. The van der Waals surface area contributed by atoms with E-state index in [0.29, 0.717) is 18.5 Å². The standard InChI is InChI=1S/C14H18N2O/c1-4-14(17)11(2)16(3)10-13-7-5-6-12(8-13)9-15/h5-8,11H,4,10H2,1-3H3. The summed E-state index contributed by atoms with van der Waals surface area (Å²) in [5.74, 6) is 0.240. The fraction of sp³-hybridized carbons (Fsp3) is 0.429. The van der Waals surface area contributed by atoms with Gasteiger partial charge in [-0.15, -0.1) is 0 Å². The zero-order valence-electron chi connectivity index (χ0n) is 10.6. The van der Waals surface area contributed by atoms with Crippen LogP contribution in [0.4, 0.5) is 0 Å². The second-order valence-electron chi connectivity index (χ2n) is 4.22. The Bertz CT molecular complexity index is 434. The van der Waals surface area contributed by atoms with Crippen molar-refractivity contribution in [3.63, 3.8) is 0 Å². The zero-order valence-corrected chi connectivity index (χ0v) is 10.6. The predicted octanol–water partition coefficient (Wildman–Crippen LogP) is 2.36. The summed E-state index contributed by atoms with van der Waals surface area (Å²) in [5, 5.41) is 8.81. The van der Waals surface area contributed by atoms with E-state index in [0.717, 1.165) is 5.56 Å². The van der Waals surface area contributed by atoms with Crippen molar-refractivity contribution < 1.29 is 4.79 Å². The number of nitrogens with zero attached hydrogens (tertiary/aromatic N) is 2. The normalized spacial score (nSPS) is 12.2. The molecule has 1 aromatic carbocycles. The highest BCUT2D eigenvalue weighted by Gasteiger charge is 2.16. The van der Waals surface area contributed by atoms with Crippen LogP contribution in [0.1, 0.15) is 31.4 Å². The summed E-state index contributed by atoms with van der Waals surface area (Å²) in [7, 11) is 1.93. The largest absolute Gasteiger partial charge is 0.298 e. The summed E-state index contributed by atoms with van der Waals surface area (Å²) in [5.41, 5.74) is 1.72. The lowest BCUT2D eigenvalue weighted by molar-refractivity contribution is -0.123. The number of benzene rings is 1. The van der Waals surface area contributed by atoms with Crippen molar-refractivity contribution >= 4 is 5.78 Å². The topological polar surface area (TPSA) is 44.1 Å². The summed E-state index contributed by atoms with van der Waals surface area (Å²) in [6.07, 6.45) is 0.559. The third kappa shape index (κ3) is 3.69. The van der Waals surface area contributed by atoms with E-state index in [1.54, 1.807) is 6.07 Å². The molecule has 0 amide bonds. The fourth-order valence-corrected chi connectivity index (χ4v) is 1.71. The number of Topliss-reactive ketones (excluding diaryl/α,β-unsaturated/α-hetero) is 1. The average molecular weight is 230 g/mol. The molecule has 17 heavy (non-hydrogen) atoms. The smallest absolute Gasteiger partial charge is 0.149 e. The van der Waals surface area contributed by atoms with Gasteiger partial charge in [-0.3, -0.25) is 9.69 Å². The Kier molecular flexibility index (Phi) is 4.86. The number of hydrogen-bond donors (Lipinski definition) is 0. The SMILES string of the molecule is CCC(=O)C(C)N(C)Cc1cccc(C#N)c1. The van der Waals surface area contributed by atoms with Gasteiger partial charge in [0, 0.05) is 13.0 Å². The molecular weight excluding hydrogens is 212 g/mol. The molecule has 0 N–H and O–H groups in total. The Morgan fingerprint density at radius 3 is 2.82 bits per heavy atom. The Morgan fingerprint density at radius 1 is 1.53 bits per heavy atom. The maximum absolute atomic E-state index is 11.6. The average Bonchev–Trinajstić information content (AvgIpc) is 2.37. The molecule has 0 aliphatic heterocycles. The zero-order chi connectivity index (χ0) is 12.8. The van der Waals surface area contributed by atoms with Crippen LogP contribution in [-0.4, -0.2) is 23.8 Å². The van der Waals surface area contributed by atoms with Gasteiger partial charge < -0.3 is 0 Å². The molecular formula is C14H18N2O. The van der Waals surface area contributed by atoms with Crippen molar-refractivity contribution in [1.82, 2.24) is 4.90 Å². The summed E-state index contributed by atoms with van der Waals surface area (Å²) in [6.45, 7) is 4.48. The number of hydrogen-bond acceptors (Lipinski definition) is 3. The van der Waals surface area contributed by atoms with E-state index in [9.17, 15) is 4.79 Å². The van der Waals surface area contributed by atoms with E-state index in [1.165, 1.54) is 0 Å². The number of ketones is 1. The molecule has 3 heteroatoms. The molecule has 0 radical (unpaired) electrons. The first-order valence-electron chi connectivity index (χ1n) is 5.80. The molecule has 0 saturated carbocycles. The third-order valence-electron chi connectivity index (χ3n) is 2.96. The van der Waals surface area contributed by atoms with E-state index in [1.807, 2.05) is 44.0 Å². The number of carbonyl (C=O) groups is 1. The van der Waals surface area contributed by atoms with Gasteiger partial charge in [0.1, 0.15) is 5.78 Å². The van der Waals surface area contributed by atoms with Gasteiger partial charge in [-0.25, -0.2) is 0 Å². The lowest BCUT2D eigenvalue weighted by atomic mass is 10.1. The molecule has 0 aliphatic rings. The number of nitriles is 1. The quantitative estimate of drug-likeness (QED) is 0.780. The van der Waals surface area contributed by atoms with E-state index in [-0.39, 0.29) is 11.8 Å². The van der Waals surface area contributed by atoms with Crippen LogP contribution in [0.2, 0.25) is 0 Å². The minimum absolute atomic E-state index is 0.0780. The van der Waals surface area contributed by atoms with Crippen molar-refractivity contribution in [2.24, 2.45) is 0 Å². The van der Waals surface area contributed by atoms with Gasteiger partial charge in [0.05, 0.1) is 17.7 Å². The molecule has 1 unspecified atom stereocenters. The first kappa shape index (κ1) is 13.4. The maximum Gasteiger partial charge on any atom is 0.149 e. The van der Waals surface area contributed by atoms with Gasteiger partial charge in [0.15, 0.2) is 0 Å². The van der Waals surface area contributed by atoms with Crippen LogP contribution in [0, 0.1) is 11.3 Å². The highest BCUT2D eigenvalue weighted by Crippen LogP contribution is 2.10. The fourth-order valence-electron chi connectivity index (χ4n) is 1.71.